The summed E-state index contributed by atoms with van der Waals surface area (Å²) >= 11 is 0. The average Bonchev–Trinajstić information content (AvgIpc) is 2.59. The van der Waals surface area contributed by atoms with Crippen LogP contribution in [0.4, 0.5) is 0 Å². The van der Waals surface area contributed by atoms with Crippen LogP contribution in [-0.2, 0) is 17.9 Å². The SMILES string of the molecule is CCn1c(C)cc(CNCCC(=O)N(C)C)c1C. The molecule has 1 heterocycles. The van der Waals surface area contributed by atoms with Gasteiger partial charge in [0.1, 0.15) is 0 Å². The largest absolute Gasteiger partial charge is 0.349 e. The lowest BCUT2D eigenvalue weighted by atomic mass is 10.2. The van der Waals surface area contributed by atoms with Gasteiger partial charge in [-0.25, -0.2) is 0 Å². The van der Waals surface area contributed by atoms with E-state index in [1.54, 1.807) is 19.0 Å². The number of nitrogens with one attached hydrogen (secondary N) is 1. The van der Waals surface area contributed by atoms with Crippen LogP contribution in [0.3, 0.4) is 0 Å². The fraction of sp³-hybridized carbons (Fsp3) is 0.643. The van der Waals surface area contributed by atoms with Crippen molar-refractivity contribution in [2.45, 2.75) is 40.3 Å². The Hall–Kier alpha value is -1.29. The molecule has 0 saturated carbocycles. The molecule has 102 valence electrons. The fourth-order valence-electron chi connectivity index (χ4n) is 2.18. The van der Waals surface area contributed by atoms with Crippen molar-refractivity contribution in [1.82, 2.24) is 14.8 Å². The molecule has 0 saturated heterocycles. The highest BCUT2D eigenvalue weighted by Gasteiger charge is 2.07. The normalized spacial score (nSPS) is 10.7. The summed E-state index contributed by atoms with van der Waals surface area (Å²) in [6.07, 6.45) is 0.555. The number of nitrogens with zero attached hydrogens (tertiary/aromatic N) is 2. The first kappa shape index (κ1) is 14.8. The summed E-state index contributed by atoms with van der Waals surface area (Å²) in [7, 11) is 3.58. The van der Waals surface area contributed by atoms with E-state index in [4.69, 9.17) is 0 Å². The number of hydrogen-bond donors (Lipinski definition) is 1. The molecule has 4 nitrogen and oxygen atoms in total. The van der Waals surface area contributed by atoms with Crippen LogP contribution in [0, 0.1) is 13.8 Å². The molecule has 0 aromatic carbocycles. The van der Waals surface area contributed by atoms with Gasteiger partial charge in [-0.3, -0.25) is 4.79 Å². The number of carbonyl (C=O) groups excluding carboxylic acids is 1. The molecule has 0 radical (unpaired) electrons. The number of amides is 1. The van der Waals surface area contributed by atoms with E-state index in [-0.39, 0.29) is 5.91 Å². The molecule has 1 aromatic rings. The van der Waals surface area contributed by atoms with E-state index in [1.165, 1.54) is 17.0 Å². The van der Waals surface area contributed by atoms with Gasteiger partial charge in [-0.15, -0.1) is 0 Å². The lowest BCUT2D eigenvalue weighted by Gasteiger charge is -2.10. The minimum atomic E-state index is 0.168. The standard InChI is InChI=1S/C14H25N3O/c1-6-17-11(2)9-13(12(17)3)10-15-8-7-14(18)16(4)5/h9,15H,6-8,10H2,1-5H3. The molecular weight excluding hydrogens is 226 g/mol. The van der Waals surface area contributed by atoms with Crippen molar-refractivity contribution in [3.05, 3.63) is 23.0 Å². The molecule has 1 amide bonds. The van der Waals surface area contributed by atoms with Crippen molar-refractivity contribution < 1.29 is 4.79 Å². The highest BCUT2D eigenvalue weighted by molar-refractivity contribution is 5.75. The average molecular weight is 251 g/mol. The summed E-state index contributed by atoms with van der Waals surface area (Å²) < 4.78 is 2.31. The number of rotatable bonds is 6. The monoisotopic (exact) mass is 251 g/mol. The first-order valence-corrected chi connectivity index (χ1v) is 6.53. The van der Waals surface area contributed by atoms with Crippen molar-refractivity contribution >= 4 is 5.91 Å². The molecule has 1 aromatic heterocycles. The second kappa shape index (κ2) is 6.59. The maximum Gasteiger partial charge on any atom is 0.223 e. The molecule has 0 aliphatic heterocycles. The Morgan fingerprint density at radius 2 is 2.06 bits per heavy atom. The number of hydrogen-bond acceptors (Lipinski definition) is 2. The predicted octanol–water partition coefficient (Wildman–Crippen LogP) is 1.69. The first-order chi connectivity index (χ1) is 8.47. The molecule has 18 heavy (non-hydrogen) atoms. The van der Waals surface area contributed by atoms with Gasteiger partial charge >= 0.3 is 0 Å². The van der Waals surface area contributed by atoms with Crippen LogP contribution in [0.2, 0.25) is 0 Å². The highest BCUT2D eigenvalue weighted by atomic mass is 16.2. The summed E-state index contributed by atoms with van der Waals surface area (Å²) in [4.78, 5) is 13.0. The second-order valence-electron chi connectivity index (χ2n) is 4.86. The molecule has 0 unspecified atom stereocenters. The third kappa shape index (κ3) is 3.60. The van der Waals surface area contributed by atoms with E-state index in [9.17, 15) is 4.79 Å². The zero-order valence-electron chi connectivity index (χ0n) is 12.2. The Kier molecular flexibility index (Phi) is 5.41. The van der Waals surface area contributed by atoms with Crippen LogP contribution in [0.15, 0.2) is 6.07 Å². The summed E-state index contributed by atoms with van der Waals surface area (Å²) in [6, 6.07) is 2.22. The molecule has 0 bridgehead atoms. The van der Waals surface area contributed by atoms with Crippen molar-refractivity contribution in [3.63, 3.8) is 0 Å². The van der Waals surface area contributed by atoms with Gasteiger partial charge in [-0.1, -0.05) is 0 Å². The summed E-state index contributed by atoms with van der Waals surface area (Å²) in [5, 5.41) is 3.33. The van der Waals surface area contributed by atoms with Crippen LogP contribution in [0.5, 0.6) is 0 Å². The third-order valence-electron chi connectivity index (χ3n) is 3.32. The lowest BCUT2D eigenvalue weighted by Crippen LogP contribution is -2.26. The molecule has 0 aliphatic carbocycles. The van der Waals surface area contributed by atoms with Crippen molar-refractivity contribution in [2.24, 2.45) is 0 Å². The molecule has 0 spiro atoms. The topological polar surface area (TPSA) is 37.3 Å². The third-order valence-corrected chi connectivity index (χ3v) is 3.32. The zero-order chi connectivity index (χ0) is 13.7. The zero-order valence-corrected chi connectivity index (χ0v) is 12.2. The second-order valence-corrected chi connectivity index (χ2v) is 4.86. The van der Waals surface area contributed by atoms with Gasteiger partial charge in [0.2, 0.25) is 5.91 Å². The van der Waals surface area contributed by atoms with Crippen LogP contribution in [-0.4, -0.2) is 36.0 Å². The maximum atomic E-state index is 11.4. The fourth-order valence-corrected chi connectivity index (χ4v) is 2.18. The summed E-state index contributed by atoms with van der Waals surface area (Å²) in [5.74, 6) is 0.168. The smallest absolute Gasteiger partial charge is 0.223 e. The van der Waals surface area contributed by atoms with Gasteiger partial charge in [0.25, 0.3) is 0 Å². The molecular formula is C14H25N3O. The molecule has 0 fully saturated rings. The molecule has 1 rings (SSSR count). The number of aryl methyl sites for hydroxylation is 1. The van der Waals surface area contributed by atoms with Crippen molar-refractivity contribution in [1.29, 1.82) is 0 Å². The Labute approximate surface area is 110 Å². The van der Waals surface area contributed by atoms with E-state index in [0.717, 1.165) is 19.6 Å². The van der Waals surface area contributed by atoms with Crippen LogP contribution in [0.1, 0.15) is 30.3 Å². The highest BCUT2D eigenvalue weighted by Crippen LogP contribution is 2.14. The van der Waals surface area contributed by atoms with Gasteiger partial charge in [0, 0.05) is 51.5 Å². The minimum Gasteiger partial charge on any atom is -0.349 e. The maximum absolute atomic E-state index is 11.4. The van der Waals surface area contributed by atoms with Gasteiger partial charge in [0.15, 0.2) is 0 Å². The van der Waals surface area contributed by atoms with E-state index >= 15 is 0 Å². The number of aromatic nitrogens is 1. The predicted molar refractivity (Wildman–Crippen MR) is 74.6 cm³/mol. The van der Waals surface area contributed by atoms with E-state index in [0.29, 0.717) is 6.42 Å². The van der Waals surface area contributed by atoms with Gasteiger partial charge in [-0.05, 0) is 32.4 Å². The Morgan fingerprint density at radius 1 is 1.39 bits per heavy atom. The van der Waals surface area contributed by atoms with Crippen molar-refractivity contribution in [2.75, 3.05) is 20.6 Å². The minimum absolute atomic E-state index is 0.168. The first-order valence-electron chi connectivity index (χ1n) is 6.53. The Balaban J connectivity index is 2.43. The van der Waals surface area contributed by atoms with E-state index in [2.05, 4.69) is 36.7 Å². The molecule has 0 atom stereocenters. The molecule has 0 aliphatic rings. The molecule has 1 N–H and O–H groups in total. The van der Waals surface area contributed by atoms with Crippen LogP contribution < -0.4 is 5.32 Å². The van der Waals surface area contributed by atoms with Gasteiger partial charge in [-0.2, -0.15) is 0 Å². The quantitative estimate of drug-likeness (QED) is 0.781. The van der Waals surface area contributed by atoms with Crippen LogP contribution in [0.25, 0.3) is 0 Å². The number of carbonyl (C=O) groups is 1. The van der Waals surface area contributed by atoms with Crippen molar-refractivity contribution in [3.8, 4) is 0 Å². The lowest BCUT2D eigenvalue weighted by molar-refractivity contribution is -0.128. The molecule has 4 heteroatoms. The van der Waals surface area contributed by atoms with E-state index in [1.807, 2.05) is 0 Å². The Morgan fingerprint density at radius 3 is 2.56 bits per heavy atom. The Bertz CT molecular complexity index is 407. The van der Waals surface area contributed by atoms with Gasteiger partial charge < -0.3 is 14.8 Å². The van der Waals surface area contributed by atoms with Crippen LogP contribution >= 0.6 is 0 Å². The van der Waals surface area contributed by atoms with E-state index < -0.39 is 0 Å². The van der Waals surface area contributed by atoms with Gasteiger partial charge in [0.05, 0.1) is 0 Å². The summed E-state index contributed by atoms with van der Waals surface area (Å²) in [5.41, 5.74) is 3.95. The summed E-state index contributed by atoms with van der Waals surface area (Å²) in [6.45, 7) is 9.02.